The molecule has 0 aliphatic carbocycles. The maximum absolute atomic E-state index is 10.9. The predicted octanol–water partition coefficient (Wildman–Crippen LogP) is 1.19. The number of hydrogen-bond donors (Lipinski definition) is 2. The molecule has 0 heterocycles. The number of amides is 1. The monoisotopic (exact) mass is 173 g/mol. The Morgan fingerprint density at radius 3 is 2.25 bits per heavy atom. The van der Waals surface area contributed by atoms with Crippen molar-refractivity contribution in [2.75, 3.05) is 0 Å². The highest BCUT2D eigenvalue weighted by Gasteiger charge is 2.31. The lowest BCUT2D eigenvalue weighted by Crippen LogP contribution is -2.43. The van der Waals surface area contributed by atoms with Crippen LogP contribution in [0.25, 0.3) is 0 Å². The molecule has 0 bridgehead atoms. The molecule has 0 saturated heterocycles. The van der Waals surface area contributed by atoms with Crippen molar-refractivity contribution in [3.8, 4) is 0 Å². The number of hydrogen-bond acceptors (Lipinski definition) is 2. The van der Waals surface area contributed by atoms with Crippen molar-refractivity contribution in [2.45, 2.75) is 51.6 Å². The molecule has 3 N–H and O–H groups in total. The summed E-state index contributed by atoms with van der Waals surface area (Å²) in [5.74, 6) is -0.585. The Bertz CT molecular complexity index is 147. The van der Waals surface area contributed by atoms with Gasteiger partial charge in [-0.2, -0.15) is 0 Å². The zero-order valence-electron chi connectivity index (χ0n) is 7.97. The van der Waals surface area contributed by atoms with E-state index in [0.717, 1.165) is 19.3 Å². The molecule has 0 aromatic carbocycles. The van der Waals surface area contributed by atoms with Crippen molar-refractivity contribution in [1.82, 2.24) is 0 Å². The Kier molecular flexibility index (Phi) is 4.90. The lowest BCUT2D eigenvalue weighted by Gasteiger charge is -2.23. The zero-order chi connectivity index (χ0) is 9.61. The highest BCUT2D eigenvalue weighted by molar-refractivity contribution is 5.83. The molecule has 0 saturated carbocycles. The van der Waals surface area contributed by atoms with Gasteiger partial charge in [-0.15, -0.1) is 0 Å². The molecule has 0 aliphatic heterocycles. The van der Waals surface area contributed by atoms with Crippen molar-refractivity contribution in [3.63, 3.8) is 0 Å². The van der Waals surface area contributed by atoms with Crippen LogP contribution in [0.4, 0.5) is 0 Å². The van der Waals surface area contributed by atoms with Gasteiger partial charge in [0.25, 0.3) is 0 Å². The van der Waals surface area contributed by atoms with Gasteiger partial charge in [-0.25, -0.2) is 0 Å². The third kappa shape index (κ3) is 3.22. The molecular formula is C9H19NO2. The summed E-state index contributed by atoms with van der Waals surface area (Å²) in [4.78, 5) is 10.9. The van der Waals surface area contributed by atoms with E-state index in [1.54, 1.807) is 0 Å². The summed E-state index contributed by atoms with van der Waals surface area (Å²) in [5, 5.41) is 9.75. The second kappa shape index (κ2) is 5.14. The van der Waals surface area contributed by atoms with E-state index in [1.165, 1.54) is 0 Å². The van der Waals surface area contributed by atoms with E-state index in [0.29, 0.717) is 12.8 Å². The average Bonchev–Trinajstić information content (AvgIpc) is 2.01. The van der Waals surface area contributed by atoms with E-state index in [4.69, 9.17) is 5.73 Å². The minimum absolute atomic E-state index is 0.475. The van der Waals surface area contributed by atoms with Gasteiger partial charge in [0.15, 0.2) is 0 Å². The lowest BCUT2D eigenvalue weighted by molar-refractivity contribution is -0.137. The van der Waals surface area contributed by atoms with Gasteiger partial charge in [0.1, 0.15) is 5.60 Å². The van der Waals surface area contributed by atoms with E-state index in [1.807, 2.05) is 13.8 Å². The molecule has 0 fully saturated rings. The summed E-state index contributed by atoms with van der Waals surface area (Å²) < 4.78 is 0. The first-order valence-corrected chi connectivity index (χ1v) is 4.59. The Morgan fingerprint density at radius 2 is 1.92 bits per heavy atom. The van der Waals surface area contributed by atoms with Gasteiger partial charge >= 0.3 is 0 Å². The van der Waals surface area contributed by atoms with Gasteiger partial charge in [-0.05, 0) is 12.8 Å². The maximum Gasteiger partial charge on any atom is 0.249 e. The van der Waals surface area contributed by atoms with Crippen molar-refractivity contribution in [1.29, 1.82) is 0 Å². The molecule has 0 spiro atoms. The smallest absolute Gasteiger partial charge is 0.249 e. The van der Waals surface area contributed by atoms with Gasteiger partial charge < -0.3 is 10.8 Å². The zero-order valence-corrected chi connectivity index (χ0v) is 7.97. The summed E-state index contributed by atoms with van der Waals surface area (Å²) in [5.41, 5.74) is 3.85. The minimum Gasteiger partial charge on any atom is -0.380 e. The van der Waals surface area contributed by atoms with Crippen LogP contribution in [-0.2, 0) is 4.79 Å². The minimum atomic E-state index is -1.26. The number of primary amides is 1. The number of carbonyl (C=O) groups is 1. The summed E-state index contributed by atoms with van der Waals surface area (Å²) >= 11 is 0. The standard InChI is InChI=1S/C9H19NO2/c1-3-5-7-9(12,6-4-2)8(10)11/h12H,3-7H2,1-2H3,(H2,10,11)/t9-/m1/s1. The lowest BCUT2D eigenvalue weighted by atomic mass is 9.91. The fourth-order valence-electron chi connectivity index (χ4n) is 1.25. The second-order valence-corrected chi connectivity index (χ2v) is 3.25. The maximum atomic E-state index is 10.9. The van der Waals surface area contributed by atoms with Crippen LogP contribution in [0.2, 0.25) is 0 Å². The van der Waals surface area contributed by atoms with Crippen molar-refractivity contribution in [2.24, 2.45) is 5.73 Å². The summed E-state index contributed by atoms with van der Waals surface area (Å²) in [6.45, 7) is 3.95. The van der Waals surface area contributed by atoms with Gasteiger partial charge in [0.2, 0.25) is 5.91 Å². The van der Waals surface area contributed by atoms with E-state index in [-0.39, 0.29) is 0 Å². The molecule has 1 atom stereocenters. The van der Waals surface area contributed by atoms with Crippen LogP contribution in [0, 0.1) is 0 Å². The topological polar surface area (TPSA) is 63.3 Å². The molecule has 0 aromatic rings. The van der Waals surface area contributed by atoms with Crippen LogP contribution in [0.5, 0.6) is 0 Å². The van der Waals surface area contributed by atoms with Crippen LogP contribution < -0.4 is 5.73 Å². The summed E-state index contributed by atoms with van der Waals surface area (Å²) in [6, 6.07) is 0. The number of nitrogens with two attached hydrogens (primary N) is 1. The fraction of sp³-hybridized carbons (Fsp3) is 0.889. The Hall–Kier alpha value is -0.570. The Morgan fingerprint density at radius 1 is 1.33 bits per heavy atom. The third-order valence-electron chi connectivity index (χ3n) is 2.07. The van der Waals surface area contributed by atoms with Crippen LogP contribution in [0.15, 0.2) is 0 Å². The summed E-state index contributed by atoms with van der Waals surface area (Å²) in [6.07, 6.45) is 3.57. The predicted molar refractivity (Wildman–Crippen MR) is 48.6 cm³/mol. The third-order valence-corrected chi connectivity index (χ3v) is 2.07. The molecule has 72 valence electrons. The Labute approximate surface area is 74.0 Å². The van der Waals surface area contributed by atoms with Crippen molar-refractivity contribution in [3.05, 3.63) is 0 Å². The molecule has 3 heteroatoms. The average molecular weight is 173 g/mol. The molecule has 0 unspecified atom stereocenters. The highest BCUT2D eigenvalue weighted by Crippen LogP contribution is 2.19. The fourth-order valence-corrected chi connectivity index (χ4v) is 1.25. The van der Waals surface area contributed by atoms with Crippen molar-refractivity contribution < 1.29 is 9.90 Å². The molecule has 12 heavy (non-hydrogen) atoms. The van der Waals surface area contributed by atoms with Crippen LogP contribution in [-0.4, -0.2) is 16.6 Å². The van der Waals surface area contributed by atoms with Crippen LogP contribution in [0.3, 0.4) is 0 Å². The SMILES string of the molecule is CCCC[C@](O)(CCC)C(N)=O. The molecule has 3 nitrogen and oxygen atoms in total. The molecule has 0 aromatic heterocycles. The number of aliphatic hydroxyl groups is 1. The largest absolute Gasteiger partial charge is 0.380 e. The molecule has 0 aliphatic rings. The molecule has 1 amide bonds. The number of unbranched alkanes of at least 4 members (excludes halogenated alkanes) is 1. The first kappa shape index (κ1) is 11.4. The highest BCUT2D eigenvalue weighted by atomic mass is 16.3. The van der Waals surface area contributed by atoms with Crippen molar-refractivity contribution >= 4 is 5.91 Å². The second-order valence-electron chi connectivity index (χ2n) is 3.25. The Balaban J connectivity index is 4.08. The first-order chi connectivity index (χ1) is 5.56. The molecular weight excluding hydrogens is 154 g/mol. The van der Waals surface area contributed by atoms with Gasteiger partial charge in [-0.1, -0.05) is 33.1 Å². The molecule has 0 radical (unpaired) electrons. The van der Waals surface area contributed by atoms with E-state index in [2.05, 4.69) is 0 Å². The number of carbonyl (C=O) groups excluding carboxylic acids is 1. The van der Waals surface area contributed by atoms with Gasteiger partial charge in [0.05, 0.1) is 0 Å². The summed E-state index contributed by atoms with van der Waals surface area (Å²) in [7, 11) is 0. The van der Waals surface area contributed by atoms with E-state index in [9.17, 15) is 9.90 Å². The quantitative estimate of drug-likeness (QED) is 0.633. The number of rotatable bonds is 6. The van der Waals surface area contributed by atoms with E-state index >= 15 is 0 Å². The van der Waals surface area contributed by atoms with Crippen LogP contribution >= 0.6 is 0 Å². The van der Waals surface area contributed by atoms with Gasteiger partial charge in [0, 0.05) is 0 Å². The van der Waals surface area contributed by atoms with E-state index < -0.39 is 11.5 Å². The van der Waals surface area contributed by atoms with Gasteiger partial charge in [-0.3, -0.25) is 4.79 Å². The van der Waals surface area contributed by atoms with Crippen LogP contribution in [0.1, 0.15) is 46.0 Å². The molecule has 0 rings (SSSR count). The first-order valence-electron chi connectivity index (χ1n) is 4.59. The normalized spacial score (nSPS) is 15.6.